The largest absolute Gasteiger partial charge is 0.354 e. The van der Waals surface area contributed by atoms with Gasteiger partial charge in [0.25, 0.3) is 0 Å². The van der Waals surface area contributed by atoms with Crippen LogP contribution in [0.15, 0.2) is 59.5 Å². The number of hydrogen-bond acceptors (Lipinski definition) is 4. The zero-order chi connectivity index (χ0) is 21.8. The molecule has 7 nitrogen and oxygen atoms in total. The molecule has 0 aliphatic heterocycles. The van der Waals surface area contributed by atoms with Crippen LogP contribution in [0, 0.1) is 0 Å². The van der Waals surface area contributed by atoms with E-state index in [0.717, 1.165) is 19.3 Å². The van der Waals surface area contributed by atoms with Crippen molar-refractivity contribution in [3.63, 3.8) is 0 Å². The van der Waals surface area contributed by atoms with E-state index in [1.807, 2.05) is 18.2 Å². The third kappa shape index (κ3) is 5.06. The molecule has 3 N–H and O–H groups in total. The molecule has 0 saturated heterocycles. The third-order valence-corrected chi connectivity index (χ3v) is 7.06. The summed E-state index contributed by atoms with van der Waals surface area (Å²) in [6.07, 6.45) is 3.11. The van der Waals surface area contributed by atoms with Gasteiger partial charge in [-0.25, -0.2) is 8.42 Å². The van der Waals surface area contributed by atoms with Crippen molar-refractivity contribution in [3.05, 3.63) is 60.2 Å². The average Bonchev–Trinajstić information content (AvgIpc) is 2.67. The lowest BCUT2D eigenvalue weighted by molar-refractivity contribution is -0.122. The quantitative estimate of drug-likeness (QED) is 0.600. The van der Waals surface area contributed by atoms with Gasteiger partial charge in [-0.1, -0.05) is 36.8 Å². The number of sulfonamides is 1. The molecule has 1 unspecified atom stereocenters. The maximum atomic E-state index is 12.6. The normalized spacial score (nSPS) is 16.2. The summed E-state index contributed by atoms with van der Waals surface area (Å²) in [6.45, 7) is 3.37. The van der Waals surface area contributed by atoms with E-state index in [1.54, 1.807) is 0 Å². The highest BCUT2D eigenvalue weighted by Gasteiger charge is 2.39. The molecule has 2 aromatic carbocycles. The summed E-state index contributed by atoms with van der Waals surface area (Å²) in [5.41, 5.74) is 1.62. The van der Waals surface area contributed by atoms with Crippen LogP contribution in [0.25, 0.3) is 0 Å². The van der Waals surface area contributed by atoms with Gasteiger partial charge >= 0.3 is 0 Å². The van der Waals surface area contributed by atoms with Crippen LogP contribution in [-0.2, 0) is 25.0 Å². The van der Waals surface area contributed by atoms with Crippen LogP contribution in [0.2, 0.25) is 0 Å². The van der Waals surface area contributed by atoms with Gasteiger partial charge in [-0.05, 0) is 49.6 Å². The molecule has 1 aliphatic carbocycles. The van der Waals surface area contributed by atoms with Crippen LogP contribution in [0.1, 0.15) is 38.7 Å². The first kappa shape index (κ1) is 22.0. The van der Waals surface area contributed by atoms with Crippen molar-refractivity contribution in [1.29, 1.82) is 0 Å². The van der Waals surface area contributed by atoms with Crippen LogP contribution in [0.3, 0.4) is 0 Å². The van der Waals surface area contributed by atoms with Crippen LogP contribution in [0.5, 0.6) is 0 Å². The van der Waals surface area contributed by atoms with E-state index in [1.165, 1.54) is 43.7 Å². The number of anilines is 1. The highest BCUT2D eigenvalue weighted by atomic mass is 32.2. The Balaban J connectivity index is 1.60. The molecule has 0 heterocycles. The number of carbonyl (C=O) groups is 2. The maximum Gasteiger partial charge on any atom is 0.241 e. The van der Waals surface area contributed by atoms with Gasteiger partial charge in [-0.15, -0.1) is 0 Å². The summed E-state index contributed by atoms with van der Waals surface area (Å²) >= 11 is 0. The summed E-state index contributed by atoms with van der Waals surface area (Å²) in [5.74, 6) is -0.607. The fourth-order valence-corrected chi connectivity index (χ4v) is 4.85. The van der Waals surface area contributed by atoms with E-state index >= 15 is 0 Å². The summed E-state index contributed by atoms with van der Waals surface area (Å²) in [7, 11) is -3.87. The molecule has 1 atom stereocenters. The van der Waals surface area contributed by atoms with Crippen molar-refractivity contribution in [3.8, 4) is 0 Å². The van der Waals surface area contributed by atoms with Gasteiger partial charge in [0.15, 0.2) is 0 Å². The molecule has 0 radical (unpaired) electrons. The van der Waals surface area contributed by atoms with Crippen molar-refractivity contribution in [1.82, 2.24) is 10.0 Å². The zero-order valence-electron chi connectivity index (χ0n) is 17.1. The topological polar surface area (TPSA) is 104 Å². The molecular weight excluding hydrogens is 402 g/mol. The lowest BCUT2D eigenvalue weighted by Gasteiger charge is -2.42. The van der Waals surface area contributed by atoms with Crippen molar-refractivity contribution >= 4 is 27.5 Å². The van der Waals surface area contributed by atoms with Gasteiger partial charge in [0, 0.05) is 24.6 Å². The first-order chi connectivity index (χ1) is 14.2. The predicted octanol–water partition coefficient (Wildman–Crippen LogP) is 2.55. The van der Waals surface area contributed by atoms with Crippen molar-refractivity contribution in [2.45, 2.75) is 49.5 Å². The Labute approximate surface area is 177 Å². The summed E-state index contributed by atoms with van der Waals surface area (Å²) < 4.78 is 27.6. The molecule has 160 valence electrons. The zero-order valence-corrected chi connectivity index (χ0v) is 18.0. The molecule has 1 saturated carbocycles. The second-order valence-corrected chi connectivity index (χ2v) is 9.48. The predicted molar refractivity (Wildman–Crippen MR) is 116 cm³/mol. The Hall–Kier alpha value is -2.71. The van der Waals surface area contributed by atoms with Gasteiger partial charge in [0.2, 0.25) is 21.8 Å². The van der Waals surface area contributed by atoms with Gasteiger partial charge in [-0.3, -0.25) is 9.59 Å². The first-order valence-electron chi connectivity index (χ1n) is 9.95. The molecule has 0 aromatic heterocycles. The minimum atomic E-state index is -3.87. The highest BCUT2D eigenvalue weighted by Crippen LogP contribution is 2.43. The van der Waals surface area contributed by atoms with Gasteiger partial charge in [0.05, 0.1) is 10.9 Å². The maximum absolute atomic E-state index is 12.6. The molecule has 1 fully saturated rings. The van der Waals surface area contributed by atoms with Crippen LogP contribution in [0.4, 0.5) is 5.69 Å². The molecule has 1 aliphatic rings. The van der Waals surface area contributed by atoms with Crippen molar-refractivity contribution in [2.24, 2.45) is 0 Å². The minimum Gasteiger partial charge on any atom is -0.354 e. The van der Waals surface area contributed by atoms with E-state index in [4.69, 9.17) is 0 Å². The average molecular weight is 430 g/mol. The van der Waals surface area contributed by atoms with Gasteiger partial charge in [-0.2, -0.15) is 4.72 Å². The van der Waals surface area contributed by atoms with E-state index in [-0.39, 0.29) is 22.1 Å². The second kappa shape index (κ2) is 8.97. The second-order valence-electron chi connectivity index (χ2n) is 7.77. The Bertz CT molecular complexity index is 1000. The number of hydrogen-bond donors (Lipinski definition) is 3. The van der Waals surface area contributed by atoms with Crippen molar-refractivity contribution in [2.75, 3.05) is 11.9 Å². The van der Waals surface area contributed by atoms with E-state index in [9.17, 15) is 18.0 Å². The summed E-state index contributed by atoms with van der Waals surface area (Å²) in [6, 6.07) is 14.9. The number of benzene rings is 2. The lowest BCUT2D eigenvalue weighted by Crippen LogP contribution is -2.50. The van der Waals surface area contributed by atoms with Crippen LogP contribution in [-0.4, -0.2) is 32.8 Å². The molecule has 2 amide bonds. The van der Waals surface area contributed by atoms with Crippen LogP contribution < -0.4 is 15.4 Å². The number of amides is 2. The standard InChI is InChI=1S/C22H27N3O4S/c1-16(25-30(28,29)20-11-9-19(10-12-20)24-17(2)26)21(27)23-15-22(13-6-14-22)18-7-4-3-5-8-18/h3-5,7-12,16,25H,6,13-15H2,1-2H3,(H,23,27)(H,24,26). The Morgan fingerprint density at radius 3 is 2.20 bits per heavy atom. The van der Waals surface area contributed by atoms with Gasteiger partial charge < -0.3 is 10.6 Å². The van der Waals surface area contributed by atoms with E-state index in [0.29, 0.717) is 12.2 Å². The number of carbonyl (C=O) groups excluding carboxylic acids is 2. The van der Waals surface area contributed by atoms with E-state index in [2.05, 4.69) is 27.5 Å². The van der Waals surface area contributed by atoms with Crippen molar-refractivity contribution < 1.29 is 18.0 Å². The SMILES string of the molecule is CC(=O)Nc1ccc(S(=O)(=O)NC(C)C(=O)NCC2(c3ccccc3)CCC2)cc1. The van der Waals surface area contributed by atoms with Gasteiger partial charge in [0.1, 0.15) is 0 Å². The highest BCUT2D eigenvalue weighted by molar-refractivity contribution is 7.89. The molecule has 8 heteroatoms. The molecule has 0 bridgehead atoms. The lowest BCUT2D eigenvalue weighted by atomic mass is 9.64. The Morgan fingerprint density at radius 2 is 1.67 bits per heavy atom. The summed E-state index contributed by atoms with van der Waals surface area (Å²) in [5, 5.41) is 5.49. The molecule has 2 aromatic rings. The molecule has 0 spiro atoms. The summed E-state index contributed by atoms with van der Waals surface area (Å²) in [4.78, 5) is 23.7. The minimum absolute atomic E-state index is 0.0241. The Morgan fingerprint density at radius 1 is 1.03 bits per heavy atom. The smallest absolute Gasteiger partial charge is 0.241 e. The Kier molecular flexibility index (Phi) is 6.58. The van der Waals surface area contributed by atoms with E-state index < -0.39 is 16.1 Å². The number of rotatable bonds is 8. The fraction of sp³-hybridized carbons (Fsp3) is 0.364. The number of nitrogens with one attached hydrogen (secondary N) is 3. The monoisotopic (exact) mass is 429 g/mol. The molecule has 30 heavy (non-hydrogen) atoms. The van der Waals surface area contributed by atoms with Crippen LogP contribution >= 0.6 is 0 Å². The third-order valence-electron chi connectivity index (χ3n) is 5.51. The molecular formula is C22H27N3O4S. The first-order valence-corrected chi connectivity index (χ1v) is 11.4. The fourth-order valence-electron chi connectivity index (χ4n) is 3.65. The molecule has 3 rings (SSSR count).